The molecule has 4 aromatic rings. The monoisotopic (exact) mass is 274 g/mol. The molecular formula is C16H10N4O. The molecule has 0 saturated carbocycles. The summed E-state index contributed by atoms with van der Waals surface area (Å²) >= 11 is 0. The number of nitrogens with zero attached hydrogens (tertiary/aromatic N) is 4. The number of hydrogen-bond donors (Lipinski definition) is 0. The molecule has 0 aliphatic heterocycles. The molecule has 21 heavy (non-hydrogen) atoms. The van der Waals surface area contributed by atoms with E-state index < -0.39 is 0 Å². The van der Waals surface area contributed by atoms with Gasteiger partial charge in [-0.3, -0.25) is 9.78 Å². The van der Waals surface area contributed by atoms with Crippen LogP contribution < -0.4 is 0 Å². The Labute approximate surface area is 119 Å². The average molecular weight is 274 g/mol. The smallest absolute Gasteiger partial charge is 0.265 e. The lowest BCUT2D eigenvalue weighted by Crippen LogP contribution is -2.14. The minimum atomic E-state index is -0.288. The van der Waals surface area contributed by atoms with E-state index in [9.17, 15) is 4.79 Å². The molecule has 2 aromatic carbocycles. The second-order valence-electron chi connectivity index (χ2n) is 4.68. The number of para-hydroxylation sites is 2. The standard InChI is InChI=1S/C16H10N4O/c21-16(20-10-11-5-1-2-6-12(11)19-20)15-9-17-13-7-3-4-8-14(13)18-15/h1-10H. The van der Waals surface area contributed by atoms with Crippen molar-refractivity contribution >= 4 is 27.8 Å². The Bertz CT molecular complexity index is 941. The predicted octanol–water partition coefficient (Wildman–Crippen LogP) is 2.67. The Balaban J connectivity index is 1.81. The van der Waals surface area contributed by atoms with Gasteiger partial charge in [0.15, 0.2) is 0 Å². The first-order chi connectivity index (χ1) is 10.3. The zero-order chi connectivity index (χ0) is 14.2. The summed E-state index contributed by atoms with van der Waals surface area (Å²) in [4.78, 5) is 21.1. The zero-order valence-corrected chi connectivity index (χ0v) is 11.0. The lowest BCUT2D eigenvalue weighted by Gasteiger charge is -2.01. The highest BCUT2D eigenvalue weighted by Crippen LogP contribution is 2.13. The number of rotatable bonds is 1. The van der Waals surface area contributed by atoms with Crippen LogP contribution in [0.3, 0.4) is 0 Å². The average Bonchev–Trinajstić information content (AvgIpc) is 2.97. The maximum atomic E-state index is 12.5. The lowest BCUT2D eigenvalue weighted by molar-refractivity contribution is 0.0941. The van der Waals surface area contributed by atoms with Crippen LogP contribution in [-0.2, 0) is 0 Å². The largest absolute Gasteiger partial charge is 0.298 e. The van der Waals surface area contributed by atoms with E-state index >= 15 is 0 Å². The Morgan fingerprint density at radius 3 is 2.43 bits per heavy atom. The minimum Gasteiger partial charge on any atom is -0.265 e. The number of benzene rings is 2. The third kappa shape index (κ3) is 1.95. The molecule has 0 unspecified atom stereocenters. The van der Waals surface area contributed by atoms with Crippen molar-refractivity contribution in [2.24, 2.45) is 0 Å². The number of aromatic nitrogens is 4. The molecular weight excluding hydrogens is 264 g/mol. The highest BCUT2D eigenvalue weighted by Gasteiger charge is 2.13. The summed E-state index contributed by atoms with van der Waals surface area (Å²) in [6, 6.07) is 15.0. The fourth-order valence-electron chi connectivity index (χ4n) is 2.25. The van der Waals surface area contributed by atoms with Gasteiger partial charge in [-0.1, -0.05) is 30.3 Å². The van der Waals surface area contributed by atoms with E-state index in [0.29, 0.717) is 5.52 Å². The van der Waals surface area contributed by atoms with Crippen LogP contribution in [-0.4, -0.2) is 25.7 Å². The molecule has 5 nitrogen and oxygen atoms in total. The molecule has 0 bridgehead atoms. The van der Waals surface area contributed by atoms with Gasteiger partial charge in [-0.05, 0) is 18.2 Å². The summed E-state index contributed by atoms with van der Waals surface area (Å²) in [7, 11) is 0. The van der Waals surface area contributed by atoms with Crippen molar-refractivity contribution in [2.45, 2.75) is 0 Å². The van der Waals surface area contributed by atoms with Gasteiger partial charge in [0.1, 0.15) is 5.69 Å². The van der Waals surface area contributed by atoms with Crippen molar-refractivity contribution < 1.29 is 4.79 Å². The Morgan fingerprint density at radius 1 is 0.905 bits per heavy atom. The first-order valence-corrected chi connectivity index (χ1v) is 6.52. The SMILES string of the molecule is O=C(c1cnc2ccccc2n1)n1cc2ccccc2n1. The van der Waals surface area contributed by atoms with Gasteiger partial charge in [-0.15, -0.1) is 0 Å². The van der Waals surface area contributed by atoms with E-state index in [2.05, 4.69) is 15.1 Å². The van der Waals surface area contributed by atoms with Crippen LogP contribution in [0.2, 0.25) is 0 Å². The summed E-state index contributed by atoms with van der Waals surface area (Å²) in [5, 5.41) is 5.18. The summed E-state index contributed by atoms with van der Waals surface area (Å²) in [5.74, 6) is -0.288. The Kier molecular flexibility index (Phi) is 2.50. The van der Waals surface area contributed by atoms with Crippen molar-refractivity contribution in [1.82, 2.24) is 19.7 Å². The number of fused-ring (bicyclic) bond motifs is 2. The second-order valence-corrected chi connectivity index (χ2v) is 4.68. The van der Waals surface area contributed by atoms with Crippen LogP contribution in [0.1, 0.15) is 10.5 Å². The van der Waals surface area contributed by atoms with Gasteiger partial charge in [-0.25, -0.2) is 9.67 Å². The quantitative estimate of drug-likeness (QED) is 0.535. The van der Waals surface area contributed by atoms with Gasteiger partial charge in [0.25, 0.3) is 5.91 Å². The van der Waals surface area contributed by atoms with Crippen LogP contribution in [0.15, 0.2) is 60.9 Å². The van der Waals surface area contributed by atoms with Gasteiger partial charge in [0.2, 0.25) is 0 Å². The summed E-state index contributed by atoms with van der Waals surface area (Å²) < 4.78 is 1.31. The van der Waals surface area contributed by atoms with Crippen LogP contribution >= 0.6 is 0 Å². The maximum absolute atomic E-state index is 12.5. The molecule has 5 heteroatoms. The first kappa shape index (κ1) is 11.7. The third-order valence-corrected chi connectivity index (χ3v) is 3.29. The van der Waals surface area contributed by atoms with E-state index in [4.69, 9.17) is 0 Å². The van der Waals surface area contributed by atoms with Crippen molar-refractivity contribution in [3.05, 3.63) is 66.6 Å². The van der Waals surface area contributed by atoms with Gasteiger partial charge >= 0.3 is 0 Å². The number of carbonyl (C=O) groups excluding carboxylic acids is 1. The van der Waals surface area contributed by atoms with Gasteiger partial charge in [0, 0.05) is 11.6 Å². The maximum Gasteiger partial charge on any atom is 0.298 e. The topological polar surface area (TPSA) is 60.7 Å². The molecule has 0 saturated heterocycles. The second kappa shape index (κ2) is 4.49. The van der Waals surface area contributed by atoms with E-state index in [1.54, 1.807) is 6.20 Å². The van der Waals surface area contributed by atoms with Crippen LogP contribution in [0.5, 0.6) is 0 Å². The van der Waals surface area contributed by atoms with E-state index in [1.807, 2.05) is 48.5 Å². The molecule has 0 spiro atoms. The van der Waals surface area contributed by atoms with Crippen LogP contribution in [0.4, 0.5) is 0 Å². The van der Waals surface area contributed by atoms with E-state index in [0.717, 1.165) is 16.4 Å². The van der Waals surface area contributed by atoms with Crippen LogP contribution in [0, 0.1) is 0 Å². The highest BCUT2D eigenvalue weighted by atomic mass is 16.2. The fourth-order valence-corrected chi connectivity index (χ4v) is 2.25. The Morgan fingerprint density at radius 2 is 1.62 bits per heavy atom. The van der Waals surface area contributed by atoms with Gasteiger partial charge < -0.3 is 0 Å². The highest BCUT2D eigenvalue weighted by molar-refractivity contribution is 5.96. The summed E-state index contributed by atoms with van der Waals surface area (Å²) in [6.07, 6.45) is 3.19. The molecule has 0 aliphatic carbocycles. The molecule has 2 aromatic heterocycles. The normalized spacial score (nSPS) is 11.0. The van der Waals surface area contributed by atoms with Crippen LogP contribution in [0.25, 0.3) is 21.9 Å². The number of carbonyl (C=O) groups is 1. The fraction of sp³-hybridized carbons (Fsp3) is 0. The van der Waals surface area contributed by atoms with Crippen molar-refractivity contribution in [3.63, 3.8) is 0 Å². The van der Waals surface area contributed by atoms with Crippen molar-refractivity contribution in [1.29, 1.82) is 0 Å². The number of hydrogen-bond acceptors (Lipinski definition) is 4. The molecule has 2 heterocycles. The molecule has 4 rings (SSSR count). The zero-order valence-electron chi connectivity index (χ0n) is 11.0. The molecule has 0 N–H and O–H groups in total. The molecule has 0 radical (unpaired) electrons. The van der Waals surface area contributed by atoms with Crippen molar-refractivity contribution in [2.75, 3.05) is 0 Å². The van der Waals surface area contributed by atoms with E-state index in [1.165, 1.54) is 10.9 Å². The van der Waals surface area contributed by atoms with Crippen molar-refractivity contribution in [3.8, 4) is 0 Å². The molecule has 0 aliphatic rings. The molecule has 100 valence electrons. The molecule has 0 amide bonds. The summed E-state index contributed by atoms with van der Waals surface area (Å²) in [6.45, 7) is 0. The van der Waals surface area contributed by atoms with E-state index in [-0.39, 0.29) is 11.6 Å². The lowest BCUT2D eigenvalue weighted by atomic mass is 10.3. The van der Waals surface area contributed by atoms with Gasteiger partial charge in [-0.2, -0.15) is 5.10 Å². The third-order valence-electron chi connectivity index (χ3n) is 3.29. The molecule has 0 atom stereocenters. The summed E-state index contributed by atoms with van der Waals surface area (Å²) in [5.41, 5.74) is 2.51. The minimum absolute atomic E-state index is 0.279. The predicted molar refractivity (Wildman–Crippen MR) is 79.0 cm³/mol. The first-order valence-electron chi connectivity index (χ1n) is 6.52. The Hall–Kier alpha value is -3.08. The molecule has 0 fully saturated rings. The van der Waals surface area contributed by atoms with Gasteiger partial charge in [0.05, 0.1) is 22.7 Å².